The molecule has 1 atom stereocenters. The van der Waals surface area contributed by atoms with Gasteiger partial charge in [-0.15, -0.1) is 0 Å². The number of furan rings is 1. The Balaban J connectivity index is 2.67. The molecule has 0 saturated carbocycles. The van der Waals surface area contributed by atoms with E-state index in [0.717, 1.165) is 0 Å². The molecule has 15 heavy (non-hydrogen) atoms. The second-order valence-corrected chi connectivity index (χ2v) is 3.65. The summed E-state index contributed by atoms with van der Waals surface area (Å²) >= 11 is 0. The molecule has 3 N–H and O–H groups in total. The largest absolute Gasteiger partial charge is 0.475 e. The first-order chi connectivity index (χ1) is 7.04. The van der Waals surface area contributed by atoms with Crippen LogP contribution in [0.5, 0.6) is 0 Å². The normalized spacial score (nSPS) is 12.8. The molecular weight excluding hydrogens is 198 g/mol. The van der Waals surface area contributed by atoms with Crippen molar-refractivity contribution in [2.24, 2.45) is 5.92 Å². The van der Waals surface area contributed by atoms with Crippen molar-refractivity contribution in [3.63, 3.8) is 0 Å². The van der Waals surface area contributed by atoms with Gasteiger partial charge in [0.15, 0.2) is 5.88 Å². The fourth-order valence-electron chi connectivity index (χ4n) is 1.14. The average molecular weight is 213 g/mol. The van der Waals surface area contributed by atoms with Gasteiger partial charge in [0.2, 0.25) is 5.76 Å². The highest BCUT2D eigenvalue weighted by atomic mass is 16.4. The Morgan fingerprint density at radius 2 is 2.20 bits per heavy atom. The number of carboxylic acids is 1. The minimum absolute atomic E-state index is 0.0270. The molecule has 0 unspecified atom stereocenters. The maximum atomic E-state index is 10.5. The van der Waals surface area contributed by atoms with Crippen LogP contribution in [-0.2, 0) is 0 Å². The second-order valence-electron chi connectivity index (χ2n) is 3.65. The van der Waals surface area contributed by atoms with E-state index in [1.807, 2.05) is 13.8 Å². The van der Waals surface area contributed by atoms with Gasteiger partial charge in [-0.2, -0.15) is 0 Å². The zero-order chi connectivity index (χ0) is 11.4. The van der Waals surface area contributed by atoms with E-state index >= 15 is 0 Å². The smallest absolute Gasteiger partial charge is 0.371 e. The van der Waals surface area contributed by atoms with E-state index in [1.165, 1.54) is 12.1 Å². The fourth-order valence-corrected chi connectivity index (χ4v) is 1.14. The lowest BCUT2D eigenvalue weighted by Crippen LogP contribution is -2.29. The van der Waals surface area contributed by atoms with Gasteiger partial charge in [-0.3, -0.25) is 0 Å². The molecule has 0 fully saturated rings. The SMILES string of the molecule is CC(C)[C@@H](CO)Nc1ccc(C(=O)O)o1. The van der Waals surface area contributed by atoms with Crippen molar-refractivity contribution in [1.82, 2.24) is 0 Å². The summed E-state index contributed by atoms with van der Waals surface area (Å²) in [6.45, 7) is 3.88. The van der Waals surface area contributed by atoms with Crippen molar-refractivity contribution in [3.8, 4) is 0 Å². The van der Waals surface area contributed by atoms with E-state index in [-0.39, 0.29) is 24.3 Å². The molecule has 0 amide bonds. The van der Waals surface area contributed by atoms with E-state index in [1.54, 1.807) is 0 Å². The van der Waals surface area contributed by atoms with Crippen LogP contribution in [0.4, 0.5) is 5.88 Å². The summed E-state index contributed by atoms with van der Waals surface area (Å²) < 4.78 is 5.01. The number of nitrogens with one attached hydrogen (secondary N) is 1. The Kier molecular flexibility index (Phi) is 3.74. The van der Waals surface area contributed by atoms with Gasteiger partial charge in [-0.25, -0.2) is 4.79 Å². The van der Waals surface area contributed by atoms with Crippen LogP contribution < -0.4 is 5.32 Å². The molecule has 1 aromatic heterocycles. The number of carboxylic acid groups (broad SMARTS) is 1. The average Bonchev–Trinajstić information content (AvgIpc) is 2.61. The molecule has 5 heteroatoms. The van der Waals surface area contributed by atoms with Gasteiger partial charge in [0, 0.05) is 6.07 Å². The first kappa shape index (κ1) is 11.6. The summed E-state index contributed by atoms with van der Waals surface area (Å²) in [7, 11) is 0. The molecule has 0 aromatic carbocycles. The van der Waals surface area contributed by atoms with Crippen molar-refractivity contribution in [2.75, 3.05) is 11.9 Å². The molecule has 84 valence electrons. The van der Waals surface area contributed by atoms with E-state index in [0.29, 0.717) is 5.88 Å². The van der Waals surface area contributed by atoms with Crippen molar-refractivity contribution < 1.29 is 19.4 Å². The number of aliphatic hydroxyl groups is 1. The van der Waals surface area contributed by atoms with Gasteiger partial charge >= 0.3 is 5.97 Å². The minimum Gasteiger partial charge on any atom is -0.475 e. The monoisotopic (exact) mass is 213 g/mol. The summed E-state index contributed by atoms with van der Waals surface area (Å²) in [5.41, 5.74) is 0. The maximum absolute atomic E-state index is 10.5. The van der Waals surface area contributed by atoms with E-state index in [4.69, 9.17) is 14.6 Å². The third-order valence-corrected chi connectivity index (χ3v) is 2.15. The van der Waals surface area contributed by atoms with Gasteiger partial charge in [0.05, 0.1) is 12.6 Å². The number of rotatable bonds is 5. The van der Waals surface area contributed by atoms with Crippen molar-refractivity contribution in [2.45, 2.75) is 19.9 Å². The molecule has 0 spiro atoms. The summed E-state index contributed by atoms with van der Waals surface area (Å²) in [4.78, 5) is 10.5. The van der Waals surface area contributed by atoms with E-state index < -0.39 is 5.97 Å². The van der Waals surface area contributed by atoms with Crippen LogP contribution in [0.2, 0.25) is 0 Å². The van der Waals surface area contributed by atoms with Crippen LogP contribution in [0.15, 0.2) is 16.5 Å². The maximum Gasteiger partial charge on any atom is 0.371 e. The standard InChI is InChI=1S/C10H15NO4/c1-6(2)7(5-12)11-9-4-3-8(15-9)10(13)14/h3-4,6-7,11-12H,5H2,1-2H3,(H,13,14)/t7-/m1/s1. The van der Waals surface area contributed by atoms with Crippen molar-refractivity contribution in [1.29, 1.82) is 0 Å². The van der Waals surface area contributed by atoms with Crippen LogP contribution >= 0.6 is 0 Å². The van der Waals surface area contributed by atoms with Crippen LogP contribution in [0, 0.1) is 5.92 Å². The molecule has 0 radical (unpaired) electrons. The van der Waals surface area contributed by atoms with Crippen LogP contribution in [0.25, 0.3) is 0 Å². The summed E-state index contributed by atoms with van der Waals surface area (Å²) in [5.74, 6) is -0.625. The summed E-state index contributed by atoms with van der Waals surface area (Å²) in [6, 6.07) is 2.77. The highest BCUT2D eigenvalue weighted by Crippen LogP contribution is 2.16. The molecular formula is C10H15NO4. The molecule has 1 aromatic rings. The van der Waals surface area contributed by atoms with E-state index in [9.17, 15) is 4.79 Å². The molecule has 1 rings (SSSR count). The third-order valence-electron chi connectivity index (χ3n) is 2.15. The fraction of sp³-hybridized carbons (Fsp3) is 0.500. The summed E-state index contributed by atoms with van der Waals surface area (Å²) in [5, 5.41) is 20.6. The zero-order valence-electron chi connectivity index (χ0n) is 8.73. The Morgan fingerprint density at radius 1 is 1.53 bits per heavy atom. The minimum atomic E-state index is -1.10. The van der Waals surface area contributed by atoms with Gasteiger partial charge in [-0.05, 0) is 12.0 Å². The second kappa shape index (κ2) is 4.84. The van der Waals surface area contributed by atoms with Crippen LogP contribution in [0.3, 0.4) is 0 Å². The number of aromatic carboxylic acids is 1. The Labute approximate surface area is 87.7 Å². The van der Waals surface area contributed by atoms with E-state index in [2.05, 4.69) is 5.32 Å². The molecule has 0 aliphatic carbocycles. The highest BCUT2D eigenvalue weighted by Gasteiger charge is 2.15. The number of hydrogen-bond donors (Lipinski definition) is 3. The highest BCUT2D eigenvalue weighted by molar-refractivity contribution is 5.84. The lowest BCUT2D eigenvalue weighted by Gasteiger charge is -2.18. The number of aliphatic hydroxyl groups excluding tert-OH is 1. The van der Waals surface area contributed by atoms with Gasteiger partial charge in [0.1, 0.15) is 0 Å². The van der Waals surface area contributed by atoms with Crippen LogP contribution in [0.1, 0.15) is 24.4 Å². The lowest BCUT2D eigenvalue weighted by atomic mass is 10.1. The quantitative estimate of drug-likeness (QED) is 0.688. The topological polar surface area (TPSA) is 82.7 Å². The Hall–Kier alpha value is -1.49. The molecule has 0 aliphatic heterocycles. The molecule has 0 aliphatic rings. The predicted molar refractivity (Wildman–Crippen MR) is 55.0 cm³/mol. The summed E-state index contributed by atoms with van der Waals surface area (Å²) in [6.07, 6.45) is 0. The molecule has 5 nitrogen and oxygen atoms in total. The van der Waals surface area contributed by atoms with Gasteiger partial charge in [-0.1, -0.05) is 13.8 Å². The predicted octanol–water partition coefficient (Wildman–Crippen LogP) is 1.41. The van der Waals surface area contributed by atoms with Gasteiger partial charge < -0.3 is 19.9 Å². The van der Waals surface area contributed by atoms with Crippen LogP contribution in [-0.4, -0.2) is 28.8 Å². The number of carbonyl (C=O) groups is 1. The zero-order valence-corrected chi connectivity index (χ0v) is 8.73. The third kappa shape index (κ3) is 2.99. The molecule has 0 saturated heterocycles. The van der Waals surface area contributed by atoms with Crippen molar-refractivity contribution in [3.05, 3.63) is 17.9 Å². The Bertz CT molecular complexity index is 332. The number of anilines is 1. The molecule has 0 bridgehead atoms. The first-order valence-corrected chi connectivity index (χ1v) is 4.75. The molecule has 1 heterocycles. The lowest BCUT2D eigenvalue weighted by molar-refractivity contribution is 0.0663. The Morgan fingerprint density at radius 3 is 2.60 bits per heavy atom. The van der Waals surface area contributed by atoms with Crippen molar-refractivity contribution >= 4 is 11.9 Å². The number of hydrogen-bond acceptors (Lipinski definition) is 4. The first-order valence-electron chi connectivity index (χ1n) is 4.75. The van der Waals surface area contributed by atoms with Gasteiger partial charge in [0.25, 0.3) is 0 Å².